The summed E-state index contributed by atoms with van der Waals surface area (Å²) in [5.41, 5.74) is 2.75. The standard InChI is InChI=1S/C23H28FN3O3S/c1-16-8-4-5-9-19(16)21-10-6-7-12-27(21)18-14-20(24)22(25-15-18)23(28)26-17(2)11-13-31(3,29)30/h4-5,8-9,11,13-15,17,21H,6-7,10,12H2,1-3H3,(H,26,28)/b13-11+/t17-,21?/m1/s1. The van der Waals surface area contributed by atoms with Gasteiger partial charge in [-0.15, -0.1) is 0 Å². The number of nitrogens with zero attached hydrogens (tertiary/aromatic N) is 2. The molecule has 0 aliphatic carbocycles. The Kier molecular flexibility index (Phi) is 7.10. The maximum atomic E-state index is 14.8. The average molecular weight is 446 g/mol. The molecule has 6 nitrogen and oxygen atoms in total. The molecular weight excluding hydrogens is 417 g/mol. The van der Waals surface area contributed by atoms with Crippen LogP contribution in [0.4, 0.5) is 10.1 Å². The third-order valence-electron chi connectivity index (χ3n) is 5.40. The summed E-state index contributed by atoms with van der Waals surface area (Å²) in [4.78, 5) is 18.7. The number of sulfone groups is 1. The summed E-state index contributed by atoms with van der Waals surface area (Å²) in [6.07, 6.45) is 7.01. The Labute approximate surface area is 183 Å². The Morgan fingerprint density at radius 2 is 2.06 bits per heavy atom. The quantitative estimate of drug-likeness (QED) is 0.729. The molecule has 1 fully saturated rings. The minimum absolute atomic E-state index is 0.136. The van der Waals surface area contributed by atoms with Crippen LogP contribution in [0.1, 0.15) is 53.8 Å². The maximum absolute atomic E-state index is 14.8. The van der Waals surface area contributed by atoms with E-state index in [0.29, 0.717) is 5.69 Å². The number of pyridine rings is 1. The zero-order valence-electron chi connectivity index (χ0n) is 18.0. The van der Waals surface area contributed by atoms with Crippen LogP contribution >= 0.6 is 0 Å². The topological polar surface area (TPSA) is 79.4 Å². The monoisotopic (exact) mass is 445 g/mol. The van der Waals surface area contributed by atoms with Gasteiger partial charge in [0, 0.05) is 30.3 Å². The van der Waals surface area contributed by atoms with Gasteiger partial charge in [0.05, 0.1) is 17.9 Å². The lowest BCUT2D eigenvalue weighted by molar-refractivity contribution is 0.0937. The van der Waals surface area contributed by atoms with Gasteiger partial charge in [0.2, 0.25) is 0 Å². The van der Waals surface area contributed by atoms with E-state index in [4.69, 9.17) is 0 Å². The van der Waals surface area contributed by atoms with Crippen molar-refractivity contribution in [1.29, 1.82) is 0 Å². The van der Waals surface area contributed by atoms with Gasteiger partial charge in [-0.1, -0.05) is 30.3 Å². The predicted molar refractivity (Wildman–Crippen MR) is 120 cm³/mol. The van der Waals surface area contributed by atoms with Crippen molar-refractivity contribution in [3.63, 3.8) is 0 Å². The molecule has 1 aromatic heterocycles. The van der Waals surface area contributed by atoms with Crippen LogP contribution in [0.15, 0.2) is 48.0 Å². The van der Waals surface area contributed by atoms with Crippen LogP contribution in [0.2, 0.25) is 0 Å². The number of amides is 1. The molecule has 1 aliphatic rings. The largest absolute Gasteiger partial charge is 0.363 e. The van der Waals surface area contributed by atoms with Gasteiger partial charge in [0.1, 0.15) is 0 Å². The van der Waals surface area contributed by atoms with E-state index in [-0.39, 0.29) is 11.7 Å². The number of rotatable bonds is 6. The van der Waals surface area contributed by atoms with Gasteiger partial charge >= 0.3 is 0 Å². The highest BCUT2D eigenvalue weighted by molar-refractivity contribution is 7.93. The normalized spacial score (nSPS) is 18.2. The Balaban J connectivity index is 1.80. The van der Waals surface area contributed by atoms with Crippen molar-refractivity contribution in [3.05, 3.63) is 70.7 Å². The number of anilines is 1. The van der Waals surface area contributed by atoms with E-state index in [2.05, 4.69) is 34.3 Å². The van der Waals surface area contributed by atoms with Gasteiger partial charge in [-0.3, -0.25) is 4.79 Å². The molecule has 0 bridgehead atoms. The zero-order chi connectivity index (χ0) is 22.6. The highest BCUT2D eigenvalue weighted by Crippen LogP contribution is 2.36. The van der Waals surface area contributed by atoms with Crippen molar-refractivity contribution < 1.29 is 17.6 Å². The van der Waals surface area contributed by atoms with E-state index < -0.39 is 27.6 Å². The second kappa shape index (κ2) is 9.60. The van der Waals surface area contributed by atoms with E-state index in [1.54, 1.807) is 6.92 Å². The van der Waals surface area contributed by atoms with E-state index >= 15 is 0 Å². The molecule has 8 heteroatoms. The van der Waals surface area contributed by atoms with Crippen molar-refractivity contribution in [2.45, 2.75) is 45.2 Å². The van der Waals surface area contributed by atoms with Crippen LogP contribution < -0.4 is 10.2 Å². The summed E-state index contributed by atoms with van der Waals surface area (Å²) < 4.78 is 37.2. The van der Waals surface area contributed by atoms with Gasteiger partial charge in [-0.25, -0.2) is 17.8 Å². The van der Waals surface area contributed by atoms with Crippen LogP contribution in [0, 0.1) is 12.7 Å². The molecule has 1 amide bonds. The number of carbonyl (C=O) groups excluding carboxylic acids is 1. The number of nitrogens with one attached hydrogen (secondary N) is 1. The van der Waals surface area contributed by atoms with E-state index in [1.807, 2.05) is 12.1 Å². The highest BCUT2D eigenvalue weighted by atomic mass is 32.2. The number of piperidine rings is 1. The fourth-order valence-electron chi connectivity index (χ4n) is 3.86. The summed E-state index contributed by atoms with van der Waals surface area (Å²) >= 11 is 0. The van der Waals surface area contributed by atoms with Crippen LogP contribution in [0.25, 0.3) is 0 Å². The molecular formula is C23H28FN3O3S. The molecule has 2 heterocycles. The van der Waals surface area contributed by atoms with E-state index in [1.165, 1.54) is 29.5 Å². The van der Waals surface area contributed by atoms with Gasteiger partial charge in [-0.05, 0) is 44.2 Å². The molecule has 0 radical (unpaired) electrons. The highest BCUT2D eigenvalue weighted by Gasteiger charge is 2.27. The Bertz CT molecular complexity index is 1090. The number of hydrogen-bond donors (Lipinski definition) is 1. The molecule has 0 spiro atoms. The smallest absolute Gasteiger partial charge is 0.273 e. The number of aryl methyl sites for hydroxylation is 1. The molecule has 2 aromatic rings. The van der Waals surface area contributed by atoms with Gasteiger partial charge in [-0.2, -0.15) is 0 Å². The fourth-order valence-corrected chi connectivity index (χ4v) is 4.38. The van der Waals surface area contributed by atoms with Crippen LogP contribution in [0.3, 0.4) is 0 Å². The van der Waals surface area contributed by atoms with Crippen LogP contribution in [0.5, 0.6) is 0 Å². The minimum atomic E-state index is -3.30. The summed E-state index contributed by atoms with van der Waals surface area (Å²) in [7, 11) is -3.30. The van der Waals surface area contributed by atoms with Gasteiger partial charge < -0.3 is 10.2 Å². The number of benzene rings is 1. The second-order valence-corrected chi connectivity index (χ2v) is 9.94. The molecule has 31 heavy (non-hydrogen) atoms. The van der Waals surface area contributed by atoms with Crippen molar-refractivity contribution in [2.24, 2.45) is 0 Å². The van der Waals surface area contributed by atoms with Crippen molar-refractivity contribution in [3.8, 4) is 0 Å². The summed E-state index contributed by atoms with van der Waals surface area (Å²) in [6, 6.07) is 9.11. The summed E-state index contributed by atoms with van der Waals surface area (Å²) in [6.45, 7) is 4.47. The Hall–Kier alpha value is -2.74. The van der Waals surface area contributed by atoms with Crippen LogP contribution in [-0.2, 0) is 9.84 Å². The maximum Gasteiger partial charge on any atom is 0.273 e. The molecule has 1 N–H and O–H groups in total. The van der Waals surface area contributed by atoms with Gasteiger partial charge in [0.15, 0.2) is 21.3 Å². The van der Waals surface area contributed by atoms with E-state index in [9.17, 15) is 17.6 Å². The minimum Gasteiger partial charge on any atom is -0.363 e. The third kappa shape index (κ3) is 5.91. The molecule has 1 aromatic carbocycles. The van der Waals surface area contributed by atoms with Crippen molar-refractivity contribution >= 4 is 21.4 Å². The first-order valence-electron chi connectivity index (χ1n) is 10.3. The lowest BCUT2D eigenvalue weighted by Crippen LogP contribution is -2.35. The first kappa shape index (κ1) is 22.9. The molecule has 1 aliphatic heterocycles. The number of hydrogen-bond acceptors (Lipinski definition) is 5. The second-order valence-electron chi connectivity index (χ2n) is 8.01. The molecule has 1 saturated heterocycles. The van der Waals surface area contributed by atoms with Crippen molar-refractivity contribution in [1.82, 2.24) is 10.3 Å². The Morgan fingerprint density at radius 3 is 2.74 bits per heavy atom. The molecule has 3 rings (SSSR count). The number of halogens is 1. The van der Waals surface area contributed by atoms with Crippen LogP contribution in [-0.4, -0.2) is 38.2 Å². The summed E-state index contributed by atoms with van der Waals surface area (Å²) in [5, 5.41) is 3.55. The van der Waals surface area contributed by atoms with Gasteiger partial charge in [0.25, 0.3) is 5.91 Å². The average Bonchev–Trinajstić information content (AvgIpc) is 2.72. The lowest BCUT2D eigenvalue weighted by Gasteiger charge is -2.38. The predicted octanol–water partition coefficient (Wildman–Crippen LogP) is 3.94. The molecule has 166 valence electrons. The third-order valence-corrected chi connectivity index (χ3v) is 6.05. The fraction of sp³-hybridized carbons (Fsp3) is 0.391. The number of carbonyl (C=O) groups is 1. The van der Waals surface area contributed by atoms with Crippen molar-refractivity contribution in [2.75, 3.05) is 17.7 Å². The Morgan fingerprint density at radius 1 is 1.32 bits per heavy atom. The SMILES string of the molecule is Cc1ccccc1C1CCCCN1c1cnc(C(=O)N[C@H](C)/C=C/S(C)(=O)=O)c(F)c1. The first-order chi connectivity index (χ1) is 14.7. The van der Waals surface area contributed by atoms with E-state index in [0.717, 1.165) is 37.5 Å². The summed E-state index contributed by atoms with van der Waals surface area (Å²) in [5.74, 6) is -1.40. The molecule has 1 unspecified atom stereocenters. The first-order valence-corrected chi connectivity index (χ1v) is 12.3. The lowest BCUT2D eigenvalue weighted by atomic mass is 9.92. The molecule has 2 atom stereocenters. The zero-order valence-corrected chi connectivity index (χ0v) is 18.8. The molecule has 0 saturated carbocycles. The number of aromatic nitrogens is 1.